The first kappa shape index (κ1) is 16.5. The zero-order chi connectivity index (χ0) is 16.2. The van der Waals surface area contributed by atoms with Crippen LogP contribution in [0.15, 0.2) is 12.1 Å². The lowest BCUT2D eigenvalue weighted by Crippen LogP contribution is -2.30. The molecule has 0 atom stereocenters. The molecular weight excluding hydrogens is 281 g/mol. The highest BCUT2D eigenvalue weighted by atomic mass is 19.1. The van der Waals surface area contributed by atoms with E-state index >= 15 is 0 Å². The molecule has 0 fully saturated rings. The Bertz CT molecular complexity index is 587. The number of nitrogens with one attached hydrogen (secondary N) is 1. The zero-order valence-electron chi connectivity index (χ0n) is 12.0. The van der Waals surface area contributed by atoms with Crippen molar-refractivity contribution in [2.75, 3.05) is 20.6 Å². The van der Waals surface area contributed by atoms with Gasteiger partial charge in [-0.3, -0.25) is 19.7 Å². The lowest BCUT2D eigenvalue weighted by Gasteiger charge is -2.11. The molecule has 114 valence electrons. The fourth-order valence-electron chi connectivity index (χ4n) is 1.62. The highest BCUT2D eigenvalue weighted by Gasteiger charge is 2.19. The molecule has 0 bridgehead atoms. The largest absolute Gasteiger partial charge is 0.351 e. The van der Waals surface area contributed by atoms with Gasteiger partial charge in [0.1, 0.15) is 5.82 Å². The van der Waals surface area contributed by atoms with Crippen molar-refractivity contribution in [1.29, 1.82) is 0 Å². The van der Waals surface area contributed by atoms with Crippen molar-refractivity contribution in [2.45, 2.75) is 13.3 Å². The van der Waals surface area contributed by atoms with Crippen LogP contribution in [0.25, 0.3) is 0 Å². The van der Waals surface area contributed by atoms with E-state index in [2.05, 4.69) is 5.32 Å². The first-order chi connectivity index (χ1) is 9.73. The van der Waals surface area contributed by atoms with Crippen molar-refractivity contribution in [2.24, 2.45) is 0 Å². The number of halogens is 1. The summed E-state index contributed by atoms with van der Waals surface area (Å²) in [5, 5.41) is 13.1. The van der Waals surface area contributed by atoms with Gasteiger partial charge in [0.05, 0.1) is 10.5 Å². The van der Waals surface area contributed by atoms with E-state index in [0.717, 1.165) is 12.1 Å². The molecule has 1 aromatic carbocycles. The lowest BCUT2D eigenvalue weighted by atomic mass is 10.1. The van der Waals surface area contributed by atoms with Crippen molar-refractivity contribution < 1.29 is 18.9 Å². The van der Waals surface area contributed by atoms with Gasteiger partial charge in [0.2, 0.25) is 5.91 Å². The molecule has 0 saturated heterocycles. The third kappa shape index (κ3) is 4.23. The number of carbonyl (C=O) groups excluding carboxylic acids is 2. The average Bonchev–Trinajstić information content (AvgIpc) is 2.40. The molecule has 0 aliphatic heterocycles. The number of nitro benzene ring substituents is 1. The van der Waals surface area contributed by atoms with E-state index in [-0.39, 0.29) is 30.1 Å². The molecule has 0 spiro atoms. The number of non-ortho nitro benzene ring substituents is 1. The van der Waals surface area contributed by atoms with Crippen molar-refractivity contribution in [1.82, 2.24) is 10.2 Å². The fourth-order valence-corrected chi connectivity index (χ4v) is 1.62. The van der Waals surface area contributed by atoms with Crippen LogP contribution in [-0.2, 0) is 4.79 Å². The van der Waals surface area contributed by atoms with Crippen LogP contribution in [0.3, 0.4) is 0 Å². The predicted molar refractivity (Wildman–Crippen MR) is 73.4 cm³/mol. The van der Waals surface area contributed by atoms with E-state index in [0.29, 0.717) is 0 Å². The van der Waals surface area contributed by atoms with Crippen LogP contribution in [0.1, 0.15) is 22.3 Å². The third-order valence-corrected chi connectivity index (χ3v) is 2.82. The minimum Gasteiger partial charge on any atom is -0.351 e. The van der Waals surface area contributed by atoms with Gasteiger partial charge in [-0.15, -0.1) is 0 Å². The van der Waals surface area contributed by atoms with Gasteiger partial charge in [-0.2, -0.15) is 0 Å². The Hall–Kier alpha value is -2.51. The van der Waals surface area contributed by atoms with Crippen molar-refractivity contribution >= 4 is 17.5 Å². The van der Waals surface area contributed by atoms with E-state index < -0.39 is 22.2 Å². The van der Waals surface area contributed by atoms with Crippen LogP contribution in [0.5, 0.6) is 0 Å². The second-order valence-corrected chi connectivity index (χ2v) is 4.68. The van der Waals surface area contributed by atoms with Crippen LogP contribution in [0.2, 0.25) is 0 Å². The molecule has 0 aliphatic carbocycles. The van der Waals surface area contributed by atoms with Gasteiger partial charge in [-0.25, -0.2) is 4.39 Å². The zero-order valence-corrected chi connectivity index (χ0v) is 12.0. The molecule has 2 amide bonds. The summed E-state index contributed by atoms with van der Waals surface area (Å²) in [7, 11) is 3.15. The number of hydrogen-bond donors (Lipinski definition) is 1. The molecule has 1 aromatic rings. The second kappa shape index (κ2) is 6.78. The number of hydrogen-bond acceptors (Lipinski definition) is 4. The molecule has 0 radical (unpaired) electrons. The maximum Gasteiger partial charge on any atom is 0.270 e. The molecule has 7 nitrogen and oxygen atoms in total. The summed E-state index contributed by atoms with van der Waals surface area (Å²) in [5.74, 6) is -1.78. The minimum atomic E-state index is -0.808. The molecule has 8 heteroatoms. The van der Waals surface area contributed by atoms with Gasteiger partial charge < -0.3 is 10.2 Å². The standard InChI is InChI=1S/C13H16FN3O4/c1-8-6-9(17(20)21)7-10(12(8)14)13(19)15-5-4-11(18)16(2)3/h6-7H,4-5H2,1-3H3,(H,15,19). The number of aryl methyl sites for hydroxylation is 1. The van der Waals surface area contributed by atoms with Crippen molar-refractivity contribution in [3.05, 3.63) is 39.2 Å². The normalized spacial score (nSPS) is 10.1. The van der Waals surface area contributed by atoms with Crippen molar-refractivity contribution in [3.63, 3.8) is 0 Å². The number of nitrogens with zero attached hydrogens (tertiary/aromatic N) is 2. The second-order valence-electron chi connectivity index (χ2n) is 4.68. The maximum atomic E-state index is 13.9. The Kier molecular flexibility index (Phi) is 5.34. The molecule has 0 unspecified atom stereocenters. The molecule has 0 aliphatic rings. The molecule has 1 N–H and O–H groups in total. The topological polar surface area (TPSA) is 92.5 Å². The minimum absolute atomic E-state index is 0.0127. The van der Waals surface area contributed by atoms with Gasteiger partial charge in [0.25, 0.3) is 11.6 Å². The van der Waals surface area contributed by atoms with Gasteiger partial charge in [-0.1, -0.05) is 0 Å². The first-order valence-corrected chi connectivity index (χ1v) is 6.17. The van der Waals surface area contributed by atoms with E-state index in [1.807, 2.05) is 0 Å². The fraction of sp³-hybridized carbons (Fsp3) is 0.385. The molecule has 1 rings (SSSR count). The number of benzene rings is 1. The van der Waals surface area contributed by atoms with E-state index in [4.69, 9.17) is 0 Å². The Morgan fingerprint density at radius 1 is 1.38 bits per heavy atom. The molecular formula is C13H16FN3O4. The van der Waals surface area contributed by atoms with Gasteiger partial charge >= 0.3 is 0 Å². The number of rotatable bonds is 5. The number of carbonyl (C=O) groups is 2. The Morgan fingerprint density at radius 3 is 2.52 bits per heavy atom. The third-order valence-electron chi connectivity index (χ3n) is 2.82. The summed E-state index contributed by atoms with van der Waals surface area (Å²) in [4.78, 5) is 34.6. The molecule has 0 aromatic heterocycles. The monoisotopic (exact) mass is 297 g/mol. The Balaban J connectivity index is 2.83. The van der Waals surface area contributed by atoms with Gasteiger partial charge in [-0.05, 0) is 12.5 Å². The van der Waals surface area contributed by atoms with Crippen LogP contribution in [-0.4, -0.2) is 42.3 Å². The Labute approximate surface area is 120 Å². The molecule has 0 heterocycles. The lowest BCUT2D eigenvalue weighted by molar-refractivity contribution is -0.385. The predicted octanol–water partition coefficient (Wildman–Crippen LogP) is 1.25. The van der Waals surface area contributed by atoms with Crippen molar-refractivity contribution in [3.8, 4) is 0 Å². The smallest absolute Gasteiger partial charge is 0.270 e. The van der Waals surface area contributed by atoms with E-state index in [1.165, 1.54) is 11.8 Å². The van der Waals surface area contributed by atoms with Gasteiger partial charge in [0, 0.05) is 39.2 Å². The van der Waals surface area contributed by atoms with Crippen LogP contribution in [0.4, 0.5) is 10.1 Å². The summed E-state index contributed by atoms with van der Waals surface area (Å²) in [6.07, 6.45) is 0.0638. The maximum absolute atomic E-state index is 13.9. The highest BCUT2D eigenvalue weighted by Crippen LogP contribution is 2.20. The summed E-state index contributed by atoms with van der Waals surface area (Å²) in [6.45, 7) is 1.37. The summed E-state index contributed by atoms with van der Waals surface area (Å²) in [6, 6.07) is 1.94. The van der Waals surface area contributed by atoms with Gasteiger partial charge in [0.15, 0.2) is 0 Å². The summed E-state index contributed by atoms with van der Waals surface area (Å²) in [5.41, 5.74) is -0.749. The number of amides is 2. The van der Waals surface area contributed by atoms with Crippen LogP contribution < -0.4 is 5.32 Å². The quantitative estimate of drug-likeness (QED) is 0.654. The summed E-state index contributed by atoms with van der Waals surface area (Å²) < 4.78 is 13.9. The molecule has 0 saturated carbocycles. The average molecular weight is 297 g/mol. The number of nitro groups is 1. The van der Waals surface area contributed by atoms with E-state index in [9.17, 15) is 24.1 Å². The van der Waals surface area contributed by atoms with E-state index in [1.54, 1.807) is 14.1 Å². The summed E-state index contributed by atoms with van der Waals surface area (Å²) >= 11 is 0. The van der Waals surface area contributed by atoms with Crippen LogP contribution in [0, 0.1) is 22.9 Å². The Morgan fingerprint density at radius 2 is 2.00 bits per heavy atom. The SMILES string of the molecule is Cc1cc([N+](=O)[O-])cc(C(=O)NCCC(=O)N(C)C)c1F. The highest BCUT2D eigenvalue weighted by molar-refractivity contribution is 5.95. The molecule has 21 heavy (non-hydrogen) atoms. The first-order valence-electron chi connectivity index (χ1n) is 6.17. The van der Waals surface area contributed by atoms with Crippen LogP contribution >= 0.6 is 0 Å².